The zero-order chi connectivity index (χ0) is 13.8. The predicted octanol–water partition coefficient (Wildman–Crippen LogP) is 1.60. The van der Waals surface area contributed by atoms with Gasteiger partial charge in [-0.15, -0.1) is 0 Å². The van der Waals surface area contributed by atoms with Gasteiger partial charge in [0.2, 0.25) is 0 Å². The summed E-state index contributed by atoms with van der Waals surface area (Å²) in [4.78, 5) is 4.23. The number of hydrogen-bond acceptors (Lipinski definition) is 6. The van der Waals surface area contributed by atoms with E-state index in [1.54, 1.807) is 0 Å². The van der Waals surface area contributed by atoms with Crippen molar-refractivity contribution in [2.24, 2.45) is 5.73 Å². The topological polar surface area (TPSA) is 83.4 Å². The lowest BCUT2D eigenvalue weighted by Gasteiger charge is -2.19. The molecule has 0 saturated heterocycles. The van der Waals surface area contributed by atoms with Gasteiger partial charge >= 0.3 is 0 Å². The van der Waals surface area contributed by atoms with E-state index >= 15 is 0 Å². The van der Waals surface area contributed by atoms with Crippen LogP contribution in [0.3, 0.4) is 0 Å². The molecule has 104 valence electrons. The van der Waals surface area contributed by atoms with E-state index < -0.39 is 5.54 Å². The molecule has 1 aromatic rings. The van der Waals surface area contributed by atoms with E-state index in [9.17, 15) is 0 Å². The van der Waals surface area contributed by atoms with Gasteiger partial charge in [0, 0.05) is 6.61 Å². The fraction of sp³-hybridized carbons (Fsp3) is 0.833. The molecular weight excluding hydrogens is 234 g/mol. The molecule has 0 fully saturated rings. The molecule has 0 spiro atoms. The minimum atomic E-state index is -0.751. The molecule has 1 unspecified atom stereocenters. The third-order valence-electron chi connectivity index (χ3n) is 2.21. The van der Waals surface area contributed by atoms with Crippen molar-refractivity contribution in [2.45, 2.75) is 52.4 Å². The highest BCUT2D eigenvalue weighted by molar-refractivity contribution is 5.01. The van der Waals surface area contributed by atoms with Crippen molar-refractivity contribution >= 4 is 0 Å². The molecule has 1 rings (SSSR count). The Balaban J connectivity index is 2.62. The second-order valence-electron chi connectivity index (χ2n) is 5.47. The first kappa shape index (κ1) is 15.1. The van der Waals surface area contributed by atoms with E-state index in [4.69, 9.17) is 19.7 Å². The van der Waals surface area contributed by atoms with E-state index in [2.05, 4.69) is 10.1 Å². The van der Waals surface area contributed by atoms with Crippen molar-refractivity contribution in [3.8, 4) is 0 Å². The van der Waals surface area contributed by atoms with Crippen LogP contribution in [0.4, 0.5) is 0 Å². The highest BCUT2D eigenvalue weighted by Gasteiger charge is 2.28. The molecule has 0 aliphatic carbocycles. The van der Waals surface area contributed by atoms with Gasteiger partial charge in [0.1, 0.15) is 12.1 Å². The van der Waals surface area contributed by atoms with Gasteiger partial charge in [-0.25, -0.2) is 0 Å². The van der Waals surface area contributed by atoms with Gasteiger partial charge in [-0.3, -0.25) is 0 Å². The van der Waals surface area contributed by atoms with Gasteiger partial charge in [-0.2, -0.15) is 4.98 Å². The first-order valence-electron chi connectivity index (χ1n) is 6.08. The number of nitrogens with two attached hydrogens (primary N) is 1. The minimum absolute atomic E-state index is 0.244. The lowest BCUT2D eigenvalue weighted by atomic mass is 10.1. The van der Waals surface area contributed by atoms with Crippen LogP contribution in [0.15, 0.2) is 4.52 Å². The summed E-state index contributed by atoms with van der Waals surface area (Å²) in [5.41, 5.74) is 5.07. The Morgan fingerprint density at radius 1 is 1.28 bits per heavy atom. The molecule has 1 aromatic heterocycles. The number of nitrogens with zero attached hydrogens (tertiary/aromatic N) is 2. The molecule has 0 aliphatic rings. The Bertz CT molecular complexity index is 369. The van der Waals surface area contributed by atoms with Gasteiger partial charge in [-0.1, -0.05) is 5.16 Å². The maximum absolute atomic E-state index is 6.07. The van der Waals surface area contributed by atoms with Crippen LogP contribution >= 0.6 is 0 Å². The maximum atomic E-state index is 6.07. The van der Waals surface area contributed by atoms with E-state index in [1.807, 2.05) is 34.6 Å². The normalized spacial score (nSPS) is 15.7. The summed E-state index contributed by atoms with van der Waals surface area (Å²) in [5, 5.41) is 3.87. The molecule has 0 aromatic carbocycles. The first-order valence-corrected chi connectivity index (χ1v) is 6.08. The van der Waals surface area contributed by atoms with Crippen molar-refractivity contribution < 1.29 is 14.0 Å². The zero-order valence-corrected chi connectivity index (χ0v) is 11.8. The molecule has 2 N–H and O–H groups in total. The number of hydrogen-bond donors (Lipinski definition) is 1. The van der Waals surface area contributed by atoms with E-state index in [-0.39, 0.29) is 12.2 Å². The van der Waals surface area contributed by atoms with Crippen LogP contribution in [0, 0.1) is 0 Å². The molecule has 1 atom stereocenters. The standard InChI is InChI=1S/C12H23N3O3/c1-6-16-8-12(5,13)10-14-9(18-15-10)7-17-11(2,3)4/h6-8,13H2,1-5H3. The molecular formula is C12H23N3O3. The second-order valence-corrected chi connectivity index (χ2v) is 5.47. The lowest BCUT2D eigenvalue weighted by molar-refractivity contribution is -0.0260. The average molecular weight is 257 g/mol. The summed E-state index contributed by atoms with van der Waals surface area (Å²) in [5.74, 6) is 0.858. The van der Waals surface area contributed by atoms with Crippen LogP contribution in [0.2, 0.25) is 0 Å². The Kier molecular flexibility index (Phi) is 4.84. The van der Waals surface area contributed by atoms with Crippen molar-refractivity contribution in [3.05, 3.63) is 11.7 Å². The highest BCUT2D eigenvalue weighted by Crippen LogP contribution is 2.16. The summed E-state index contributed by atoms with van der Waals surface area (Å²) < 4.78 is 16.0. The molecule has 18 heavy (non-hydrogen) atoms. The van der Waals surface area contributed by atoms with Gasteiger partial charge in [0.25, 0.3) is 5.89 Å². The molecule has 6 nitrogen and oxygen atoms in total. The SMILES string of the molecule is CCOCC(C)(N)c1noc(COC(C)(C)C)n1. The zero-order valence-electron chi connectivity index (χ0n) is 11.8. The molecule has 0 amide bonds. The van der Waals surface area contributed by atoms with Crippen LogP contribution in [0.25, 0.3) is 0 Å². The molecule has 0 saturated carbocycles. The van der Waals surface area contributed by atoms with Crippen LogP contribution in [0.5, 0.6) is 0 Å². The fourth-order valence-corrected chi connectivity index (χ4v) is 1.20. The second kappa shape index (κ2) is 5.77. The van der Waals surface area contributed by atoms with Crippen molar-refractivity contribution in [1.82, 2.24) is 10.1 Å². The number of aromatic nitrogens is 2. The predicted molar refractivity (Wildman–Crippen MR) is 66.9 cm³/mol. The van der Waals surface area contributed by atoms with Gasteiger partial charge < -0.3 is 19.7 Å². The van der Waals surface area contributed by atoms with Crippen molar-refractivity contribution in [1.29, 1.82) is 0 Å². The monoisotopic (exact) mass is 257 g/mol. The van der Waals surface area contributed by atoms with Gasteiger partial charge in [0.05, 0.1) is 12.2 Å². The van der Waals surface area contributed by atoms with Gasteiger partial charge in [-0.05, 0) is 34.6 Å². The van der Waals surface area contributed by atoms with E-state index in [1.165, 1.54) is 0 Å². The van der Waals surface area contributed by atoms with Crippen molar-refractivity contribution in [2.75, 3.05) is 13.2 Å². The van der Waals surface area contributed by atoms with E-state index in [0.717, 1.165) is 0 Å². The summed E-state index contributed by atoms with van der Waals surface area (Å²) in [6.07, 6.45) is 0. The Morgan fingerprint density at radius 2 is 1.94 bits per heavy atom. The van der Waals surface area contributed by atoms with Crippen molar-refractivity contribution in [3.63, 3.8) is 0 Å². The lowest BCUT2D eigenvalue weighted by Crippen LogP contribution is -2.39. The third kappa shape index (κ3) is 4.72. The Hall–Kier alpha value is -0.980. The minimum Gasteiger partial charge on any atom is -0.379 e. The smallest absolute Gasteiger partial charge is 0.252 e. The van der Waals surface area contributed by atoms with Gasteiger partial charge in [0.15, 0.2) is 5.82 Å². The molecule has 0 bridgehead atoms. The molecule has 0 radical (unpaired) electrons. The van der Waals surface area contributed by atoms with Crippen LogP contribution < -0.4 is 5.73 Å². The third-order valence-corrected chi connectivity index (χ3v) is 2.21. The van der Waals surface area contributed by atoms with E-state index in [0.29, 0.717) is 24.9 Å². The quantitative estimate of drug-likeness (QED) is 0.833. The first-order chi connectivity index (χ1) is 8.24. The van der Waals surface area contributed by atoms with Crippen LogP contribution in [-0.2, 0) is 21.6 Å². The number of ether oxygens (including phenoxy) is 2. The van der Waals surface area contributed by atoms with Crippen LogP contribution in [0.1, 0.15) is 46.3 Å². The largest absolute Gasteiger partial charge is 0.379 e. The molecule has 6 heteroatoms. The average Bonchev–Trinajstić information content (AvgIpc) is 2.72. The Labute approximate surface area is 108 Å². The molecule has 0 aliphatic heterocycles. The summed E-state index contributed by atoms with van der Waals surface area (Å²) in [6, 6.07) is 0. The summed E-state index contributed by atoms with van der Waals surface area (Å²) in [6.45, 7) is 10.8. The highest BCUT2D eigenvalue weighted by atomic mass is 16.5. The fourth-order valence-electron chi connectivity index (χ4n) is 1.20. The molecule has 1 heterocycles. The summed E-state index contributed by atoms with van der Waals surface area (Å²) in [7, 11) is 0. The Morgan fingerprint density at radius 3 is 2.50 bits per heavy atom. The number of rotatable bonds is 6. The van der Waals surface area contributed by atoms with Crippen LogP contribution in [-0.4, -0.2) is 29.0 Å². The maximum Gasteiger partial charge on any atom is 0.252 e. The summed E-state index contributed by atoms with van der Waals surface area (Å²) >= 11 is 0.